The van der Waals surface area contributed by atoms with Crippen molar-refractivity contribution in [3.05, 3.63) is 60.3 Å². The molecule has 1 aromatic carbocycles. The SMILES string of the molecule is CN(C)CCn1ccnc1C1CCCN(C(=O)c2cnc3ccccc3c2)C1. The number of amides is 1. The number of likely N-dealkylation sites (N-methyl/N-ethyl adjacent to an activating group) is 1. The van der Waals surface area contributed by atoms with Crippen LogP contribution in [-0.4, -0.2) is 64.0 Å². The van der Waals surface area contributed by atoms with E-state index >= 15 is 0 Å². The van der Waals surface area contributed by atoms with Gasteiger partial charge in [-0.15, -0.1) is 0 Å². The minimum Gasteiger partial charge on any atom is -0.338 e. The first-order chi connectivity index (χ1) is 13.6. The number of imidazole rings is 1. The number of piperidine rings is 1. The molecule has 0 saturated carbocycles. The Morgan fingerprint density at radius 1 is 1.25 bits per heavy atom. The van der Waals surface area contributed by atoms with Crippen molar-refractivity contribution in [1.29, 1.82) is 0 Å². The van der Waals surface area contributed by atoms with Crippen LogP contribution in [0.2, 0.25) is 0 Å². The number of carbonyl (C=O) groups excluding carboxylic acids is 1. The molecular weight excluding hydrogens is 350 g/mol. The minimum atomic E-state index is 0.0642. The fourth-order valence-electron chi connectivity index (χ4n) is 3.92. The zero-order valence-electron chi connectivity index (χ0n) is 16.6. The Kier molecular flexibility index (Phi) is 5.39. The van der Waals surface area contributed by atoms with Crippen LogP contribution in [0.3, 0.4) is 0 Å². The van der Waals surface area contributed by atoms with E-state index in [0.29, 0.717) is 12.1 Å². The third-order valence-electron chi connectivity index (χ3n) is 5.45. The number of aromatic nitrogens is 3. The van der Waals surface area contributed by atoms with Gasteiger partial charge >= 0.3 is 0 Å². The molecule has 0 spiro atoms. The van der Waals surface area contributed by atoms with Crippen LogP contribution in [0.15, 0.2) is 48.9 Å². The predicted molar refractivity (Wildman–Crippen MR) is 110 cm³/mol. The van der Waals surface area contributed by atoms with E-state index in [-0.39, 0.29) is 11.8 Å². The van der Waals surface area contributed by atoms with Crippen LogP contribution in [0.4, 0.5) is 0 Å². The quantitative estimate of drug-likeness (QED) is 0.686. The molecule has 146 valence electrons. The number of fused-ring (bicyclic) bond motifs is 1. The molecule has 0 radical (unpaired) electrons. The van der Waals surface area contributed by atoms with Gasteiger partial charge in [-0.25, -0.2) is 4.98 Å². The molecule has 0 N–H and O–H groups in total. The number of likely N-dealkylation sites (tertiary alicyclic amines) is 1. The largest absolute Gasteiger partial charge is 0.338 e. The summed E-state index contributed by atoms with van der Waals surface area (Å²) in [4.78, 5) is 26.3. The smallest absolute Gasteiger partial charge is 0.255 e. The highest BCUT2D eigenvalue weighted by Crippen LogP contribution is 2.27. The number of carbonyl (C=O) groups is 1. The monoisotopic (exact) mass is 377 g/mol. The number of benzene rings is 1. The van der Waals surface area contributed by atoms with Gasteiger partial charge in [0.15, 0.2) is 0 Å². The molecule has 1 fully saturated rings. The summed E-state index contributed by atoms with van der Waals surface area (Å²) >= 11 is 0. The van der Waals surface area contributed by atoms with E-state index in [9.17, 15) is 4.79 Å². The van der Waals surface area contributed by atoms with Gasteiger partial charge in [-0.3, -0.25) is 9.78 Å². The van der Waals surface area contributed by atoms with Crippen molar-refractivity contribution in [2.75, 3.05) is 33.7 Å². The van der Waals surface area contributed by atoms with Gasteiger partial charge in [0.1, 0.15) is 5.82 Å². The van der Waals surface area contributed by atoms with Gasteiger partial charge in [0.2, 0.25) is 0 Å². The van der Waals surface area contributed by atoms with Crippen LogP contribution in [0, 0.1) is 0 Å². The normalized spacial score (nSPS) is 17.4. The van der Waals surface area contributed by atoms with Crippen LogP contribution in [-0.2, 0) is 6.54 Å². The van der Waals surface area contributed by atoms with Crippen molar-refractivity contribution in [3.8, 4) is 0 Å². The molecule has 6 nitrogen and oxygen atoms in total. The Morgan fingerprint density at radius 2 is 2.11 bits per heavy atom. The van der Waals surface area contributed by atoms with Gasteiger partial charge in [0, 0.05) is 56.1 Å². The molecular formula is C22H27N5O. The summed E-state index contributed by atoms with van der Waals surface area (Å²) in [6, 6.07) is 9.85. The maximum atomic E-state index is 13.1. The summed E-state index contributed by atoms with van der Waals surface area (Å²) in [5.74, 6) is 1.44. The fraction of sp³-hybridized carbons (Fsp3) is 0.409. The summed E-state index contributed by atoms with van der Waals surface area (Å²) in [5.41, 5.74) is 1.58. The van der Waals surface area contributed by atoms with Gasteiger partial charge in [0.25, 0.3) is 5.91 Å². The number of para-hydroxylation sites is 1. The van der Waals surface area contributed by atoms with Gasteiger partial charge in [0.05, 0.1) is 11.1 Å². The topological polar surface area (TPSA) is 54.3 Å². The van der Waals surface area contributed by atoms with E-state index in [1.54, 1.807) is 6.20 Å². The molecule has 4 rings (SSSR count). The Bertz CT molecular complexity index is 964. The van der Waals surface area contributed by atoms with Crippen LogP contribution in [0.1, 0.15) is 34.9 Å². The van der Waals surface area contributed by atoms with Gasteiger partial charge in [-0.1, -0.05) is 18.2 Å². The average Bonchev–Trinajstić information content (AvgIpc) is 3.20. The first-order valence-electron chi connectivity index (χ1n) is 9.91. The Labute approximate surface area is 165 Å². The minimum absolute atomic E-state index is 0.0642. The van der Waals surface area contributed by atoms with E-state index in [1.165, 1.54) is 0 Å². The summed E-state index contributed by atoms with van der Waals surface area (Å²) in [6.45, 7) is 3.40. The number of nitrogens with zero attached hydrogens (tertiary/aromatic N) is 5. The highest BCUT2D eigenvalue weighted by molar-refractivity contribution is 5.97. The summed E-state index contributed by atoms with van der Waals surface area (Å²) in [7, 11) is 4.16. The lowest BCUT2D eigenvalue weighted by Crippen LogP contribution is -2.40. The van der Waals surface area contributed by atoms with Crippen molar-refractivity contribution >= 4 is 16.8 Å². The second-order valence-corrected chi connectivity index (χ2v) is 7.79. The van der Waals surface area contributed by atoms with Crippen molar-refractivity contribution in [3.63, 3.8) is 0 Å². The van der Waals surface area contributed by atoms with E-state index < -0.39 is 0 Å². The molecule has 1 saturated heterocycles. The molecule has 1 amide bonds. The van der Waals surface area contributed by atoms with Gasteiger partial charge in [-0.2, -0.15) is 0 Å². The van der Waals surface area contributed by atoms with Crippen LogP contribution < -0.4 is 0 Å². The van der Waals surface area contributed by atoms with Gasteiger partial charge in [-0.05, 0) is 39.1 Å². The van der Waals surface area contributed by atoms with E-state index in [1.807, 2.05) is 47.6 Å². The fourth-order valence-corrected chi connectivity index (χ4v) is 3.92. The first-order valence-corrected chi connectivity index (χ1v) is 9.91. The Morgan fingerprint density at radius 3 is 2.96 bits per heavy atom. The van der Waals surface area contributed by atoms with E-state index in [4.69, 9.17) is 0 Å². The van der Waals surface area contributed by atoms with Crippen LogP contribution in [0.5, 0.6) is 0 Å². The van der Waals surface area contributed by atoms with Crippen LogP contribution >= 0.6 is 0 Å². The van der Waals surface area contributed by atoms with Crippen molar-refractivity contribution in [2.45, 2.75) is 25.3 Å². The maximum absolute atomic E-state index is 13.1. The molecule has 3 aromatic rings. The third-order valence-corrected chi connectivity index (χ3v) is 5.45. The Hall–Kier alpha value is -2.73. The predicted octanol–water partition coefficient (Wildman–Crippen LogP) is 3.01. The lowest BCUT2D eigenvalue weighted by atomic mass is 9.96. The third kappa shape index (κ3) is 3.92. The molecule has 0 aliphatic carbocycles. The Balaban J connectivity index is 1.50. The van der Waals surface area contributed by atoms with Crippen molar-refractivity contribution in [2.24, 2.45) is 0 Å². The molecule has 2 aromatic heterocycles. The summed E-state index contributed by atoms with van der Waals surface area (Å²) in [6.07, 6.45) is 7.69. The molecule has 1 atom stereocenters. The molecule has 28 heavy (non-hydrogen) atoms. The molecule has 1 aliphatic rings. The van der Waals surface area contributed by atoms with Crippen LogP contribution in [0.25, 0.3) is 10.9 Å². The number of rotatable bonds is 5. The van der Waals surface area contributed by atoms with E-state index in [2.05, 4.69) is 33.5 Å². The number of pyridine rings is 1. The first kappa shape index (κ1) is 18.6. The second-order valence-electron chi connectivity index (χ2n) is 7.79. The zero-order chi connectivity index (χ0) is 19.5. The summed E-state index contributed by atoms with van der Waals surface area (Å²) in [5, 5.41) is 1.00. The highest BCUT2D eigenvalue weighted by atomic mass is 16.2. The standard InChI is InChI=1S/C22H27N5O/c1-25(2)12-13-26-11-9-23-21(26)18-7-5-10-27(16-18)22(28)19-14-17-6-3-4-8-20(17)24-15-19/h3-4,6,8-9,11,14-15,18H,5,7,10,12-13,16H2,1-2H3. The molecule has 0 bridgehead atoms. The molecule has 1 aliphatic heterocycles. The van der Waals surface area contributed by atoms with Crippen molar-refractivity contribution in [1.82, 2.24) is 24.3 Å². The summed E-state index contributed by atoms with van der Waals surface area (Å²) < 4.78 is 2.23. The van der Waals surface area contributed by atoms with Crippen molar-refractivity contribution < 1.29 is 4.79 Å². The molecule has 1 unspecified atom stereocenters. The second kappa shape index (κ2) is 8.10. The van der Waals surface area contributed by atoms with E-state index in [0.717, 1.165) is 49.2 Å². The number of hydrogen-bond donors (Lipinski definition) is 0. The lowest BCUT2D eigenvalue weighted by molar-refractivity contribution is 0.0703. The van der Waals surface area contributed by atoms with Gasteiger partial charge < -0.3 is 14.4 Å². The lowest BCUT2D eigenvalue weighted by Gasteiger charge is -2.33. The average molecular weight is 377 g/mol. The maximum Gasteiger partial charge on any atom is 0.255 e. The molecule has 6 heteroatoms. The zero-order valence-corrected chi connectivity index (χ0v) is 16.6. The molecule has 3 heterocycles. The highest BCUT2D eigenvalue weighted by Gasteiger charge is 2.28. The number of hydrogen-bond acceptors (Lipinski definition) is 4.